The number of aryl methyl sites for hydroxylation is 1. The Morgan fingerprint density at radius 1 is 1.43 bits per heavy atom. The first-order chi connectivity index (χ1) is 10.9. The Labute approximate surface area is 130 Å². The maximum absolute atomic E-state index is 12.0. The summed E-state index contributed by atoms with van der Waals surface area (Å²) in [5.41, 5.74) is -0.607. The molecule has 0 bridgehead atoms. The average molecular weight is 321 g/mol. The highest BCUT2D eigenvalue weighted by Crippen LogP contribution is 2.31. The quantitative estimate of drug-likeness (QED) is 0.574. The Balaban J connectivity index is 1.99. The summed E-state index contributed by atoms with van der Waals surface area (Å²) < 4.78 is 12.9. The van der Waals surface area contributed by atoms with E-state index in [2.05, 4.69) is 10.4 Å². The van der Waals surface area contributed by atoms with Crippen LogP contribution in [-0.4, -0.2) is 44.5 Å². The van der Waals surface area contributed by atoms with E-state index in [-0.39, 0.29) is 16.8 Å². The SMILES string of the molecule is Cn1nnn(-c2cc([N+](=O)[O-])ccc2OCC2(C)COC2)c1=O. The van der Waals surface area contributed by atoms with E-state index in [1.165, 1.54) is 25.2 Å². The van der Waals surface area contributed by atoms with E-state index in [0.717, 1.165) is 9.36 Å². The van der Waals surface area contributed by atoms with Crippen molar-refractivity contribution in [2.45, 2.75) is 6.92 Å². The molecule has 1 aliphatic heterocycles. The second-order valence-electron chi connectivity index (χ2n) is 5.80. The van der Waals surface area contributed by atoms with Crippen LogP contribution in [0.2, 0.25) is 0 Å². The molecule has 122 valence electrons. The molecule has 3 rings (SSSR count). The van der Waals surface area contributed by atoms with Crippen LogP contribution in [0.3, 0.4) is 0 Å². The minimum absolute atomic E-state index is 0.105. The molecule has 10 heteroatoms. The van der Waals surface area contributed by atoms with Crippen molar-refractivity contribution in [2.24, 2.45) is 12.5 Å². The first kappa shape index (κ1) is 15.2. The van der Waals surface area contributed by atoms with Gasteiger partial charge >= 0.3 is 5.69 Å². The molecular weight excluding hydrogens is 306 g/mol. The molecule has 23 heavy (non-hydrogen) atoms. The lowest BCUT2D eigenvalue weighted by atomic mass is 9.90. The Morgan fingerprint density at radius 2 is 2.17 bits per heavy atom. The third-order valence-corrected chi connectivity index (χ3v) is 3.58. The molecule has 0 aliphatic carbocycles. The van der Waals surface area contributed by atoms with Crippen LogP contribution in [0.25, 0.3) is 5.69 Å². The number of tetrazole rings is 1. The van der Waals surface area contributed by atoms with E-state index in [1.807, 2.05) is 6.92 Å². The minimum atomic E-state index is -0.546. The fraction of sp³-hybridized carbons (Fsp3) is 0.462. The second kappa shape index (κ2) is 5.47. The van der Waals surface area contributed by atoms with Gasteiger partial charge < -0.3 is 9.47 Å². The number of hydrogen-bond donors (Lipinski definition) is 0. The van der Waals surface area contributed by atoms with Crippen LogP contribution in [0.4, 0.5) is 5.69 Å². The number of nitrogens with zero attached hydrogens (tertiary/aromatic N) is 5. The van der Waals surface area contributed by atoms with Crippen LogP contribution >= 0.6 is 0 Å². The fourth-order valence-electron chi connectivity index (χ4n) is 2.16. The highest BCUT2D eigenvalue weighted by molar-refractivity contribution is 5.53. The van der Waals surface area contributed by atoms with Crippen LogP contribution < -0.4 is 10.4 Å². The van der Waals surface area contributed by atoms with Gasteiger partial charge in [-0.2, -0.15) is 9.36 Å². The summed E-state index contributed by atoms with van der Waals surface area (Å²) in [5.74, 6) is 0.325. The first-order valence-electron chi connectivity index (χ1n) is 6.88. The first-order valence-corrected chi connectivity index (χ1v) is 6.88. The van der Waals surface area contributed by atoms with Crippen molar-refractivity contribution in [1.82, 2.24) is 19.8 Å². The third kappa shape index (κ3) is 2.80. The van der Waals surface area contributed by atoms with Crippen molar-refractivity contribution in [2.75, 3.05) is 19.8 Å². The molecule has 0 N–H and O–H groups in total. The minimum Gasteiger partial charge on any atom is -0.491 e. The predicted octanol–water partition coefficient (Wildman–Crippen LogP) is 0.289. The summed E-state index contributed by atoms with van der Waals surface area (Å²) in [4.78, 5) is 22.5. The summed E-state index contributed by atoms with van der Waals surface area (Å²) in [5, 5.41) is 18.3. The number of non-ortho nitro benzene ring substituents is 1. The van der Waals surface area contributed by atoms with E-state index >= 15 is 0 Å². The predicted molar refractivity (Wildman–Crippen MR) is 77.7 cm³/mol. The summed E-state index contributed by atoms with van der Waals surface area (Å²) >= 11 is 0. The van der Waals surface area contributed by atoms with Crippen LogP contribution in [-0.2, 0) is 11.8 Å². The Bertz CT molecular complexity index is 807. The second-order valence-corrected chi connectivity index (χ2v) is 5.80. The Morgan fingerprint density at radius 3 is 2.70 bits per heavy atom. The standard InChI is InChI=1S/C13H15N5O5/c1-13(6-22-7-13)8-23-11-4-3-9(18(20)21)5-10(11)17-12(19)16(2)14-15-17/h3-5H,6-8H2,1-2H3. The number of benzene rings is 1. The summed E-state index contributed by atoms with van der Waals surface area (Å²) in [6.07, 6.45) is 0. The molecule has 0 amide bonds. The van der Waals surface area contributed by atoms with Crippen LogP contribution in [0.15, 0.2) is 23.0 Å². The molecule has 0 radical (unpaired) electrons. The van der Waals surface area contributed by atoms with Gasteiger partial charge in [-0.3, -0.25) is 10.1 Å². The zero-order valence-electron chi connectivity index (χ0n) is 12.6. The van der Waals surface area contributed by atoms with Gasteiger partial charge in [-0.1, -0.05) is 6.92 Å². The van der Waals surface area contributed by atoms with Crippen LogP contribution in [0.5, 0.6) is 5.75 Å². The van der Waals surface area contributed by atoms with E-state index in [0.29, 0.717) is 25.6 Å². The molecule has 1 aliphatic rings. The summed E-state index contributed by atoms with van der Waals surface area (Å²) in [7, 11) is 1.44. The zero-order valence-corrected chi connectivity index (χ0v) is 12.6. The van der Waals surface area contributed by atoms with E-state index in [1.54, 1.807) is 0 Å². The highest BCUT2D eigenvalue weighted by atomic mass is 16.6. The summed E-state index contributed by atoms with van der Waals surface area (Å²) in [6.45, 7) is 3.55. The lowest BCUT2D eigenvalue weighted by Crippen LogP contribution is -2.44. The number of aromatic nitrogens is 4. The van der Waals surface area contributed by atoms with E-state index < -0.39 is 10.6 Å². The van der Waals surface area contributed by atoms with Crippen molar-refractivity contribution in [3.8, 4) is 11.4 Å². The lowest BCUT2D eigenvalue weighted by molar-refractivity contribution is -0.384. The van der Waals surface area contributed by atoms with Gasteiger partial charge in [0.2, 0.25) is 0 Å². The molecule has 1 saturated heterocycles. The largest absolute Gasteiger partial charge is 0.491 e. The van der Waals surface area contributed by atoms with Crippen molar-refractivity contribution < 1.29 is 14.4 Å². The molecule has 2 heterocycles. The van der Waals surface area contributed by atoms with Gasteiger partial charge in [-0.15, -0.1) is 0 Å². The van der Waals surface area contributed by atoms with Crippen LogP contribution in [0.1, 0.15) is 6.92 Å². The van der Waals surface area contributed by atoms with E-state index in [9.17, 15) is 14.9 Å². The van der Waals surface area contributed by atoms with Crippen molar-refractivity contribution in [1.29, 1.82) is 0 Å². The van der Waals surface area contributed by atoms with Gasteiger partial charge in [-0.05, 0) is 16.5 Å². The van der Waals surface area contributed by atoms with Crippen LogP contribution in [0, 0.1) is 15.5 Å². The molecular formula is C13H15N5O5. The number of nitro groups is 1. The number of hydrogen-bond acceptors (Lipinski definition) is 7. The Kier molecular flexibility index (Phi) is 3.60. The monoisotopic (exact) mass is 321 g/mol. The molecule has 1 aromatic carbocycles. The van der Waals surface area contributed by atoms with Gasteiger partial charge in [-0.25, -0.2) is 4.79 Å². The highest BCUT2D eigenvalue weighted by Gasteiger charge is 2.34. The smallest absolute Gasteiger partial charge is 0.368 e. The van der Waals surface area contributed by atoms with Gasteiger partial charge in [0.1, 0.15) is 11.4 Å². The zero-order chi connectivity index (χ0) is 16.6. The van der Waals surface area contributed by atoms with Crippen molar-refractivity contribution in [3.05, 3.63) is 38.8 Å². The molecule has 0 unspecified atom stereocenters. The topological polar surface area (TPSA) is 114 Å². The number of nitro benzene ring substituents is 1. The molecule has 1 aromatic heterocycles. The number of rotatable bonds is 5. The van der Waals surface area contributed by atoms with Crippen molar-refractivity contribution in [3.63, 3.8) is 0 Å². The van der Waals surface area contributed by atoms with Gasteiger partial charge in [0.15, 0.2) is 0 Å². The molecule has 0 saturated carbocycles. The average Bonchev–Trinajstić information content (AvgIpc) is 2.82. The normalized spacial score (nSPS) is 15.9. The molecule has 10 nitrogen and oxygen atoms in total. The number of ether oxygens (including phenoxy) is 2. The van der Waals surface area contributed by atoms with E-state index in [4.69, 9.17) is 9.47 Å². The lowest BCUT2D eigenvalue weighted by Gasteiger charge is -2.37. The maximum atomic E-state index is 12.0. The third-order valence-electron chi connectivity index (χ3n) is 3.58. The molecule has 0 atom stereocenters. The van der Waals surface area contributed by atoms with Gasteiger partial charge in [0.25, 0.3) is 5.69 Å². The molecule has 2 aromatic rings. The molecule has 0 spiro atoms. The fourth-order valence-corrected chi connectivity index (χ4v) is 2.16. The van der Waals surface area contributed by atoms with Crippen molar-refractivity contribution >= 4 is 5.69 Å². The molecule has 1 fully saturated rings. The summed E-state index contributed by atoms with van der Waals surface area (Å²) in [6, 6.07) is 4.02. The van der Waals surface area contributed by atoms with Gasteiger partial charge in [0, 0.05) is 24.6 Å². The van der Waals surface area contributed by atoms with Gasteiger partial charge in [0.05, 0.1) is 24.7 Å². The Hall–Kier alpha value is -2.75. The maximum Gasteiger partial charge on any atom is 0.368 e.